The van der Waals surface area contributed by atoms with Gasteiger partial charge in [0, 0.05) is 72.2 Å². The molecule has 0 aromatic heterocycles. The Hall–Kier alpha value is -2.27. The molecule has 0 aromatic rings. The minimum atomic E-state index is -1.39. The second-order valence-electron chi connectivity index (χ2n) is 18.0. The van der Waals surface area contributed by atoms with Gasteiger partial charge in [-0.05, 0) is 57.8 Å². The predicted octanol–water partition coefficient (Wildman–Crippen LogP) is -2.54. The van der Waals surface area contributed by atoms with Crippen molar-refractivity contribution in [2.24, 2.45) is 5.41 Å². The largest absolute Gasteiger partial charge is 0.394 e. The van der Waals surface area contributed by atoms with Crippen LogP contribution < -0.4 is 16.0 Å². The highest BCUT2D eigenvalue weighted by Gasteiger charge is 2.46. The molecule has 3 heterocycles. The maximum absolute atomic E-state index is 11.7. The lowest BCUT2D eigenvalue weighted by molar-refractivity contribution is -0.270. The molecule has 3 saturated heterocycles. The van der Waals surface area contributed by atoms with E-state index in [-0.39, 0.29) is 32.1 Å². The van der Waals surface area contributed by atoms with Crippen LogP contribution in [0.1, 0.15) is 91.9 Å². The number of aliphatic hydroxyl groups excluding tert-OH is 8. The van der Waals surface area contributed by atoms with Crippen LogP contribution in [0.3, 0.4) is 0 Å². The van der Waals surface area contributed by atoms with Crippen LogP contribution in [0.5, 0.6) is 0 Å². The summed E-state index contributed by atoms with van der Waals surface area (Å²) >= 11 is 0. The monoisotopic (exact) mass is 972 g/mol. The number of nitrogens with one attached hydrogen (secondary N) is 3. The van der Waals surface area contributed by atoms with Crippen LogP contribution in [0.25, 0.3) is 0 Å². The second-order valence-corrected chi connectivity index (χ2v) is 18.0. The van der Waals surface area contributed by atoms with Crippen LogP contribution >= 0.6 is 0 Å². The third kappa shape index (κ3) is 20.9. The fourth-order valence-electron chi connectivity index (χ4n) is 7.94. The van der Waals surface area contributed by atoms with Crippen molar-refractivity contribution in [2.75, 3.05) is 79.3 Å². The molecule has 14 atom stereocenters. The lowest BCUT2D eigenvalue weighted by Gasteiger charge is -2.42. The number of rotatable bonds is 33. The van der Waals surface area contributed by atoms with Gasteiger partial charge in [-0.15, -0.1) is 0 Å². The van der Waals surface area contributed by atoms with Crippen LogP contribution in [0.2, 0.25) is 0 Å². The molecule has 0 aromatic carbocycles. The van der Waals surface area contributed by atoms with E-state index in [0.29, 0.717) is 78.4 Å². The lowest BCUT2D eigenvalue weighted by Crippen LogP contribution is -2.64. The van der Waals surface area contributed by atoms with Gasteiger partial charge in [0.15, 0.2) is 18.9 Å². The molecule has 3 rings (SSSR count). The van der Waals surface area contributed by atoms with Gasteiger partial charge in [0.05, 0.1) is 51.8 Å². The van der Waals surface area contributed by atoms with E-state index >= 15 is 0 Å². The minimum Gasteiger partial charge on any atom is -0.394 e. The molecule has 0 spiro atoms. The highest BCUT2D eigenvalue weighted by molar-refractivity contribution is 5.74. The molecule has 0 bridgehead atoms. The Balaban J connectivity index is 1.41. The van der Waals surface area contributed by atoms with E-state index in [1.165, 1.54) is 20.8 Å². The number of carbonyl (C=O) groups excluding carboxylic acids is 3. The van der Waals surface area contributed by atoms with E-state index in [1.54, 1.807) is 0 Å². The third-order valence-electron chi connectivity index (χ3n) is 11.6. The van der Waals surface area contributed by atoms with Crippen molar-refractivity contribution in [3.05, 3.63) is 0 Å². The molecular weight excluding hydrogens is 890 g/mol. The molecule has 0 aliphatic carbocycles. The van der Waals surface area contributed by atoms with Crippen molar-refractivity contribution >= 4 is 17.7 Å². The highest BCUT2D eigenvalue weighted by atomic mass is 16.7. The Labute approximate surface area is 393 Å². The fourth-order valence-corrected chi connectivity index (χ4v) is 7.94. The number of hydrogen-bond donors (Lipinski definition) is 11. The van der Waals surface area contributed by atoms with Crippen molar-refractivity contribution < 1.29 is 97.9 Å². The van der Waals surface area contributed by atoms with Gasteiger partial charge in [-0.1, -0.05) is 6.92 Å². The Morgan fingerprint density at radius 1 is 0.493 bits per heavy atom. The number of hydrogen-bond acceptors (Lipinski definition) is 20. The van der Waals surface area contributed by atoms with Gasteiger partial charge >= 0.3 is 0 Å². The molecule has 23 heteroatoms. The number of amides is 3. The quantitative estimate of drug-likeness (QED) is 0.0302. The van der Waals surface area contributed by atoms with E-state index in [2.05, 4.69) is 16.0 Å². The van der Waals surface area contributed by atoms with Gasteiger partial charge in [-0.25, -0.2) is 0 Å². The number of aliphatic hydroxyl groups is 8. The molecule has 0 radical (unpaired) electrons. The first-order valence-electron chi connectivity index (χ1n) is 23.6. The second kappa shape index (κ2) is 31.9. The third-order valence-corrected chi connectivity index (χ3v) is 11.6. The first-order valence-corrected chi connectivity index (χ1v) is 23.6. The number of carbonyl (C=O) groups is 3. The number of ether oxygens (including phenoxy) is 9. The molecule has 67 heavy (non-hydrogen) atoms. The predicted molar refractivity (Wildman–Crippen MR) is 235 cm³/mol. The van der Waals surface area contributed by atoms with Gasteiger partial charge in [0.25, 0.3) is 0 Å². The van der Waals surface area contributed by atoms with Gasteiger partial charge in [-0.2, -0.15) is 0 Å². The molecule has 3 aliphatic heterocycles. The summed E-state index contributed by atoms with van der Waals surface area (Å²) in [6.45, 7) is 7.82. The zero-order valence-corrected chi connectivity index (χ0v) is 39.6. The van der Waals surface area contributed by atoms with Crippen molar-refractivity contribution in [1.29, 1.82) is 0 Å². The zero-order chi connectivity index (χ0) is 49.4. The molecule has 3 fully saturated rings. The highest BCUT2D eigenvalue weighted by Crippen LogP contribution is 2.26. The van der Waals surface area contributed by atoms with E-state index in [9.17, 15) is 55.2 Å². The van der Waals surface area contributed by atoms with Crippen molar-refractivity contribution in [3.8, 4) is 0 Å². The van der Waals surface area contributed by atoms with Gasteiger partial charge in [-0.3, -0.25) is 14.4 Å². The minimum absolute atomic E-state index is 0.181. The van der Waals surface area contributed by atoms with E-state index in [4.69, 9.17) is 42.6 Å². The standard InChI is InChI=1S/C44H81N3O20/c1-27(51)45-34-31(54)20-30(21-48)65-41(34)62-17-11-5-8-14-59-24-44(4,25-60-15-9-6-12-18-63-42-35(46-28(2)52)39(57)37(55)32(22-49)66-42)26-61-16-10-7-13-19-64-43-36(47-29(3)53)40(58)38(56)33(23-50)67-43/h30-43,48-50,54-58H,5-26H2,1-4H3,(H,45,51)(H,46,52)(H,47,53)/t30?,31?,32?,33?,34-,35-,36-,37-,38-,39?,40?,41+,42+,43+,44?/m0/s1. The average Bonchev–Trinajstić information content (AvgIpc) is 3.28. The van der Waals surface area contributed by atoms with E-state index < -0.39 is 116 Å². The lowest BCUT2D eigenvalue weighted by atomic mass is 9.94. The summed E-state index contributed by atoms with van der Waals surface area (Å²) in [6, 6.07) is -2.75. The van der Waals surface area contributed by atoms with Crippen LogP contribution in [0.15, 0.2) is 0 Å². The van der Waals surface area contributed by atoms with Crippen LogP contribution in [-0.2, 0) is 57.0 Å². The van der Waals surface area contributed by atoms with E-state index in [0.717, 1.165) is 25.7 Å². The van der Waals surface area contributed by atoms with Crippen molar-refractivity contribution in [3.63, 3.8) is 0 Å². The number of unbranched alkanes of at least 4 members (excludes halogenated alkanes) is 6. The topological polar surface area (TPSA) is 332 Å². The Morgan fingerprint density at radius 3 is 1.18 bits per heavy atom. The first kappa shape index (κ1) is 59.0. The molecule has 6 unspecified atom stereocenters. The van der Waals surface area contributed by atoms with E-state index in [1.807, 2.05) is 6.92 Å². The van der Waals surface area contributed by atoms with Gasteiger partial charge in [0.2, 0.25) is 17.7 Å². The van der Waals surface area contributed by atoms with Crippen LogP contribution in [-0.4, -0.2) is 224 Å². The maximum atomic E-state index is 11.7. The van der Waals surface area contributed by atoms with Gasteiger partial charge < -0.3 is 99.4 Å². The van der Waals surface area contributed by atoms with Crippen molar-refractivity contribution in [2.45, 2.75) is 178 Å². The normalized spacial score (nSPS) is 32.1. The summed E-state index contributed by atoms with van der Waals surface area (Å²) in [5.41, 5.74) is -0.492. The zero-order valence-electron chi connectivity index (χ0n) is 39.6. The molecular formula is C44H81N3O20. The first-order chi connectivity index (χ1) is 32.0. The summed E-state index contributed by atoms with van der Waals surface area (Å²) in [7, 11) is 0. The summed E-state index contributed by atoms with van der Waals surface area (Å²) in [6.07, 6.45) is -5.69. The van der Waals surface area contributed by atoms with Crippen LogP contribution in [0, 0.1) is 5.41 Å². The molecule has 11 N–H and O–H groups in total. The maximum Gasteiger partial charge on any atom is 0.217 e. The molecule has 3 amide bonds. The molecule has 392 valence electrons. The van der Waals surface area contributed by atoms with Gasteiger partial charge in [0.1, 0.15) is 54.7 Å². The molecule has 0 saturated carbocycles. The molecule has 3 aliphatic rings. The Kier molecular flexibility index (Phi) is 28.1. The SMILES string of the molecule is CC(=O)N[C@H]1C(O)CC(CO)O[C@H]1OCCCCCOCC(C)(COCCCCCO[C@@H]1OC(CO)[C@H](O)C(O)[C@@H]1NC(C)=O)COCCCCCO[C@@H]1OC(CO)[C@H](O)C(O)[C@@H]1NC(C)=O. The molecule has 23 nitrogen and oxygen atoms in total. The van der Waals surface area contributed by atoms with Crippen LogP contribution in [0.4, 0.5) is 0 Å². The Morgan fingerprint density at radius 2 is 0.836 bits per heavy atom. The summed E-state index contributed by atoms with van der Waals surface area (Å²) in [4.78, 5) is 35.1. The summed E-state index contributed by atoms with van der Waals surface area (Å²) < 4.78 is 52.8. The summed E-state index contributed by atoms with van der Waals surface area (Å²) in [5, 5.41) is 88.3. The summed E-state index contributed by atoms with van der Waals surface area (Å²) in [5.74, 6) is -1.19. The van der Waals surface area contributed by atoms with Crippen molar-refractivity contribution in [1.82, 2.24) is 16.0 Å². The fraction of sp³-hybridized carbons (Fsp3) is 0.932. The smallest absolute Gasteiger partial charge is 0.217 e. The average molecular weight is 972 g/mol. The Bertz CT molecular complexity index is 1320.